The van der Waals surface area contributed by atoms with Gasteiger partial charge in [0.25, 0.3) is 0 Å². The van der Waals surface area contributed by atoms with E-state index in [-0.39, 0.29) is 4.16 Å². The molecule has 1 fully saturated rings. The summed E-state index contributed by atoms with van der Waals surface area (Å²) in [7, 11) is -2.71. The van der Waals surface area contributed by atoms with Crippen LogP contribution in [-0.2, 0) is 9.84 Å². The van der Waals surface area contributed by atoms with E-state index in [2.05, 4.69) is 15.9 Å². The zero-order chi connectivity index (χ0) is 6.20. The molecule has 1 unspecified atom stereocenters. The van der Waals surface area contributed by atoms with E-state index in [9.17, 15) is 8.42 Å². The number of alkyl halides is 1. The largest absolute Gasteiger partial charge is 0.228 e. The van der Waals surface area contributed by atoms with Crippen molar-refractivity contribution in [2.24, 2.45) is 0 Å². The average molecular weight is 199 g/mol. The SMILES string of the molecule is O=S1(=O)CCCC1Br. The van der Waals surface area contributed by atoms with Crippen LogP contribution in [0, 0.1) is 0 Å². The maximum atomic E-state index is 10.7. The van der Waals surface area contributed by atoms with Gasteiger partial charge in [-0.15, -0.1) is 0 Å². The monoisotopic (exact) mass is 198 g/mol. The van der Waals surface area contributed by atoms with Crippen molar-refractivity contribution in [2.75, 3.05) is 5.75 Å². The molecule has 1 atom stereocenters. The Morgan fingerprint density at radius 1 is 1.50 bits per heavy atom. The minimum atomic E-state index is -2.71. The van der Waals surface area contributed by atoms with E-state index in [0.717, 1.165) is 12.8 Å². The molecular formula is C4H7BrO2S. The van der Waals surface area contributed by atoms with E-state index in [4.69, 9.17) is 0 Å². The van der Waals surface area contributed by atoms with E-state index >= 15 is 0 Å². The first-order valence-electron chi connectivity index (χ1n) is 2.48. The van der Waals surface area contributed by atoms with Crippen LogP contribution in [0.15, 0.2) is 0 Å². The first-order valence-corrected chi connectivity index (χ1v) is 5.12. The van der Waals surface area contributed by atoms with E-state index in [0.29, 0.717) is 5.75 Å². The molecule has 8 heavy (non-hydrogen) atoms. The van der Waals surface area contributed by atoms with Gasteiger partial charge in [-0.3, -0.25) is 0 Å². The van der Waals surface area contributed by atoms with Gasteiger partial charge in [0.05, 0.1) is 5.75 Å². The highest BCUT2D eigenvalue weighted by molar-refractivity contribution is 9.11. The Balaban J connectivity index is 2.85. The molecule has 4 heteroatoms. The third-order valence-electron chi connectivity index (χ3n) is 1.25. The normalized spacial score (nSPS) is 35.4. The lowest BCUT2D eigenvalue weighted by Crippen LogP contribution is -2.07. The molecule has 0 radical (unpaired) electrons. The summed E-state index contributed by atoms with van der Waals surface area (Å²) in [5.41, 5.74) is 0. The number of hydrogen-bond donors (Lipinski definition) is 0. The summed E-state index contributed by atoms with van der Waals surface area (Å²) >= 11 is 3.07. The predicted molar refractivity (Wildman–Crippen MR) is 35.7 cm³/mol. The molecule has 48 valence electrons. The average Bonchev–Trinajstić information content (AvgIpc) is 1.86. The third kappa shape index (κ3) is 1.05. The molecule has 0 N–H and O–H groups in total. The minimum absolute atomic E-state index is 0.255. The van der Waals surface area contributed by atoms with Gasteiger partial charge in [0.2, 0.25) is 0 Å². The highest BCUT2D eigenvalue weighted by atomic mass is 79.9. The molecule has 1 aliphatic rings. The standard InChI is InChI=1S/C4H7BrO2S/c5-4-2-1-3-8(4,6)7/h4H,1-3H2. The van der Waals surface area contributed by atoms with Gasteiger partial charge in [-0.1, -0.05) is 15.9 Å². The Hall–Kier alpha value is 0.430. The summed E-state index contributed by atoms with van der Waals surface area (Å²) in [6.45, 7) is 0. The van der Waals surface area contributed by atoms with Crippen molar-refractivity contribution in [1.82, 2.24) is 0 Å². The fourth-order valence-corrected chi connectivity index (χ4v) is 2.99. The second-order valence-corrected chi connectivity index (χ2v) is 5.93. The Labute approximate surface area is 57.3 Å². The maximum Gasteiger partial charge on any atom is 0.163 e. The smallest absolute Gasteiger partial charge is 0.163 e. The van der Waals surface area contributed by atoms with Gasteiger partial charge in [0.15, 0.2) is 9.84 Å². The molecule has 2 nitrogen and oxygen atoms in total. The Bertz CT molecular complexity index is 172. The highest BCUT2D eigenvalue weighted by Gasteiger charge is 2.28. The van der Waals surface area contributed by atoms with Gasteiger partial charge < -0.3 is 0 Å². The third-order valence-corrected chi connectivity index (χ3v) is 5.29. The van der Waals surface area contributed by atoms with Crippen LogP contribution in [0.3, 0.4) is 0 Å². The quantitative estimate of drug-likeness (QED) is 0.543. The molecule has 0 aliphatic carbocycles. The summed E-state index contributed by atoms with van der Waals surface area (Å²) in [5, 5.41) is 0. The van der Waals surface area contributed by atoms with Crippen LogP contribution in [0.5, 0.6) is 0 Å². The molecule has 0 saturated carbocycles. The molecule has 0 bridgehead atoms. The Morgan fingerprint density at radius 2 is 2.12 bits per heavy atom. The van der Waals surface area contributed by atoms with Crippen molar-refractivity contribution in [3.05, 3.63) is 0 Å². The fraction of sp³-hybridized carbons (Fsp3) is 1.00. The molecule has 1 heterocycles. The van der Waals surface area contributed by atoms with Gasteiger partial charge in [0.1, 0.15) is 4.16 Å². The van der Waals surface area contributed by atoms with Gasteiger partial charge in [-0.2, -0.15) is 0 Å². The summed E-state index contributed by atoms with van der Waals surface area (Å²) in [5.74, 6) is 0.364. The zero-order valence-electron chi connectivity index (χ0n) is 4.30. The van der Waals surface area contributed by atoms with E-state index in [1.165, 1.54) is 0 Å². The lowest BCUT2D eigenvalue weighted by Gasteiger charge is -1.93. The highest BCUT2D eigenvalue weighted by Crippen LogP contribution is 2.24. The van der Waals surface area contributed by atoms with Gasteiger partial charge in [-0.05, 0) is 12.8 Å². The van der Waals surface area contributed by atoms with Crippen molar-refractivity contribution in [2.45, 2.75) is 17.0 Å². The summed E-state index contributed by atoms with van der Waals surface area (Å²) in [4.78, 5) is 0. The molecule has 0 aromatic rings. The van der Waals surface area contributed by atoms with Gasteiger partial charge in [0, 0.05) is 0 Å². The van der Waals surface area contributed by atoms with Gasteiger partial charge in [-0.25, -0.2) is 8.42 Å². The molecule has 0 aromatic carbocycles. The second-order valence-electron chi connectivity index (χ2n) is 1.92. The van der Waals surface area contributed by atoms with Crippen molar-refractivity contribution in [3.8, 4) is 0 Å². The van der Waals surface area contributed by atoms with Crippen LogP contribution in [0.2, 0.25) is 0 Å². The summed E-state index contributed by atoms with van der Waals surface area (Å²) < 4.78 is 21.2. The molecule has 0 amide bonds. The Kier molecular flexibility index (Phi) is 1.63. The van der Waals surface area contributed by atoms with Crippen LogP contribution in [0.1, 0.15) is 12.8 Å². The van der Waals surface area contributed by atoms with Crippen LogP contribution in [-0.4, -0.2) is 18.3 Å². The second kappa shape index (κ2) is 1.99. The van der Waals surface area contributed by atoms with E-state index in [1.807, 2.05) is 0 Å². The van der Waals surface area contributed by atoms with Crippen LogP contribution in [0.25, 0.3) is 0 Å². The number of halogens is 1. The molecule has 1 rings (SSSR count). The maximum absolute atomic E-state index is 10.7. The number of rotatable bonds is 0. The topological polar surface area (TPSA) is 34.1 Å². The lowest BCUT2D eigenvalue weighted by molar-refractivity contribution is 0.601. The number of hydrogen-bond acceptors (Lipinski definition) is 2. The summed E-state index contributed by atoms with van der Waals surface area (Å²) in [6, 6.07) is 0. The molecular weight excluding hydrogens is 192 g/mol. The van der Waals surface area contributed by atoms with Crippen molar-refractivity contribution in [1.29, 1.82) is 0 Å². The lowest BCUT2D eigenvalue weighted by atomic mass is 10.4. The first kappa shape index (κ1) is 6.55. The molecule has 1 saturated heterocycles. The molecule has 0 aromatic heterocycles. The number of sulfone groups is 1. The molecule has 0 spiro atoms. The first-order chi connectivity index (χ1) is 3.63. The fourth-order valence-electron chi connectivity index (χ4n) is 0.752. The van der Waals surface area contributed by atoms with Gasteiger partial charge >= 0.3 is 0 Å². The predicted octanol–water partition coefficient (Wildman–Crippen LogP) is 0.916. The molecule has 1 aliphatic heterocycles. The van der Waals surface area contributed by atoms with Crippen LogP contribution < -0.4 is 0 Å². The van der Waals surface area contributed by atoms with Crippen molar-refractivity contribution < 1.29 is 8.42 Å². The Morgan fingerprint density at radius 3 is 2.25 bits per heavy atom. The van der Waals surface area contributed by atoms with E-state index < -0.39 is 9.84 Å². The van der Waals surface area contributed by atoms with Crippen LogP contribution in [0.4, 0.5) is 0 Å². The van der Waals surface area contributed by atoms with Crippen molar-refractivity contribution in [3.63, 3.8) is 0 Å². The van der Waals surface area contributed by atoms with Crippen LogP contribution >= 0.6 is 15.9 Å². The van der Waals surface area contributed by atoms with E-state index in [1.54, 1.807) is 0 Å². The minimum Gasteiger partial charge on any atom is -0.228 e. The van der Waals surface area contributed by atoms with Crippen molar-refractivity contribution >= 4 is 25.8 Å². The zero-order valence-corrected chi connectivity index (χ0v) is 6.70. The summed E-state index contributed by atoms with van der Waals surface area (Å²) in [6.07, 6.45) is 1.60.